The Balaban J connectivity index is 2.09. The average molecular weight is 424 g/mol. The second-order valence-electron chi connectivity index (χ2n) is 6.82. The van der Waals surface area contributed by atoms with E-state index in [1.807, 2.05) is 6.92 Å². The van der Waals surface area contributed by atoms with Crippen molar-refractivity contribution < 1.29 is 31.4 Å². The van der Waals surface area contributed by atoms with Gasteiger partial charge in [-0.15, -0.1) is 0 Å². The predicted molar refractivity (Wildman–Crippen MR) is 105 cm³/mol. The zero-order chi connectivity index (χ0) is 21.8. The van der Waals surface area contributed by atoms with Crippen LogP contribution in [0.5, 0.6) is 11.5 Å². The summed E-state index contributed by atoms with van der Waals surface area (Å²) in [4.78, 5) is 0. The van der Waals surface area contributed by atoms with Gasteiger partial charge in [0.1, 0.15) is 0 Å². The van der Waals surface area contributed by atoms with Gasteiger partial charge in [0.25, 0.3) is 0 Å². The van der Waals surface area contributed by atoms with Crippen molar-refractivity contribution in [3.8, 4) is 22.6 Å². The second-order valence-corrected chi connectivity index (χ2v) is 6.82. The SMILES string of the molecule is CCCCOc1ccc2cc(-c3ccc(OCCC)c(F)c3F)c(F)c(F)c2c1F. The van der Waals surface area contributed by atoms with Crippen LogP contribution in [0.1, 0.15) is 33.1 Å². The van der Waals surface area contributed by atoms with Crippen molar-refractivity contribution in [1.82, 2.24) is 0 Å². The number of benzene rings is 3. The molecule has 2 nitrogen and oxygen atoms in total. The van der Waals surface area contributed by atoms with E-state index in [-0.39, 0.29) is 30.1 Å². The van der Waals surface area contributed by atoms with E-state index < -0.39 is 45.6 Å². The third kappa shape index (κ3) is 4.06. The number of hydrogen-bond acceptors (Lipinski definition) is 2. The highest BCUT2D eigenvalue weighted by molar-refractivity contribution is 5.90. The van der Waals surface area contributed by atoms with Crippen LogP contribution in [0, 0.1) is 29.1 Å². The molecule has 0 aliphatic carbocycles. The van der Waals surface area contributed by atoms with Gasteiger partial charge in [-0.1, -0.05) is 26.3 Å². The van der Waals surface area contributed by atoms with Crippen LogP contribution in [0.25, 0.3) is 21.9 Å². The minimum atomic E-state index is -1.49. The van der Waals surface area contributed by atoms with Crippen molar-refractivity contribution in [2.24, 2.45) is 0 Å². The van der Waals surface area contributed by atoms with Gasteiger partial charge in [-0.2, -0.15) is 4.39 Å². The van der Waals surface area contributed by atoms with Crippen LogP contribution >= 0.6 is 0 Å². The Morgan fingerprint density at radius 3 is 1.97 bits per heavy atom. The van der Waals surface area contributed by atoms with E-state index in [0.29, 0.717) is 12.8 Å². The fraction of sp³-hybridized carbons (Fsp3) is 0.304. The number of fused-ring (bicyclic) bond motifs is 1. The van der Waals surface area contributed by atoms with E-state index in [2.05, 4.69) is 0 Å². The molecule has 30 heavy (non-hydrogen) atoms. The van der Waals surface area contributed by atoms with Crippen LogP contribution in [0.2, 0.25) is 0 Å². The summed E-state index contributed by atoms with van der Waals surface area (Å²) in [6, 6.07) is 5.98. The number of unbranched alkanes of at least 4 members (excludes halogenated alkanes) is 1. The molecule has 3 aromatic carbocycles. The Morgan fingerprint density at radius 1 is 0.633 bits per heavy atom. The molecule has 0 aliphatic heterocycles. The summed E-state index contributed by atoms with van der Waals surface area (Å²) in [7, 11) is 0. The van der Waals surface area contributed by atoms with Gasteiger partial charge >= 0.3 is 0 Å². The normalized spacial score (nSPS) is 11.2. The number of hydrogen-bond donors (Lipinski definition) is 0. The first-order valence-corrected chi connectivity index (χ1v) is 9.74. The first kappa shape index (κ1) is 21.9. The quantitative estimate of drug-likeness (QED) is 0.282. The molecule has 3 aromatic rings. The van der Waals surface area contributed by atoms with E-state index in [4.69, 9.17) is 9.47 Å². The Hall–Kier alpha value is -2.83. The lowest BCUT2D eigenvalue weighted by molar-refractivity contribution is 0.295. The number of halogens is 5. The molecule has 7 heteroatoms. The maximum absolute atomic E-state index is 14.7. The van der Waals surface area contributed by atoms with E-state index in [0.717, 1.165) is 24.6 Å². The predicted octanol–water partition coefficient (Wildman–Crippen LogP) is 7.17. The maximum Gasteiger partial charge on any atom is 0.201 e. The molecule has 0 aromatic heterocycles. The zero-order valence-electron chi connectivity index (χ0n) is 16.6. The lowest BCUT2D eigenvalue weighted by Crippen LogP contribution is -2.03. The fourth-order valence-electron chi connectivity index (χ4n) is 3.06. The molecule has 3 rings (SSSR count). The van der Waals surface area contributed by atoms with Gasteiger partial charge in [-0.25, -0.2) is 17.6 Å². The topological polar surface area (TPSA) is 18.5 Å². The first-order chi connectivity index (χ1) is 14.4. The molecule has 0 heterocycles. The molecule has 0 radical (unpaired) electrons. The van der Waals surface area contributed by atoms with E-state index >= 15 is 0 Å². The molecule has 0 aliphatic rings. The number of ether oxygens (including phenoxy) is 2. The van der Waals surface area contributed by atoms with Crippen molar-refractivity contribution in [3.05, 3.63) is 59.4 Å². The Morgan fingerprint density at radius 2 is 1.27 bits per heavy atom. The summed E-state index contributed by atoms with van der Waals surface area (Å²) in [6.45, 7) is 4.14. The highest BCUT2D eigenvalue weighted by Crippen LogP contribution is 2.37. The summed E-state index contributed by atoms with van der Waals surface area (Å²) in [6.07, 6.45) is 2.09. The van der Waals surface area contributed by atoms with E-state index in [1.54, 1.807) is 6.92 Å². The lowest BCUT2D eigenvalue weighted by Gasteiger charge is -2.14. The van der Waals surface area contributed by atoms with Crippen molar-refractivity contribution in [2.45, 2.75) is 33.1 Å². The zero-order valence-corrected chi connectivity index (χ0v) is 16.6. The third-order valence-electron chi connectivity index (χ3n) is 4.64. The fourth-order valence-corrected chi connectivity index (χ4v) is 3.06. The highest BCUT2D eigenvalue weighted by atomic mass is 19.2. The third-order valence-corrected chi connectivity index (χ3v) is 4.64. The van der Waals surface area contributed by atoms with Gasteiger partial charge in [0.05, 0.1) is 18.6 Å². The monoisotopic (exact) mass is 424 g/mol. The molecule has 160 valence electrons. The molecule has 0 saturated heterocycles. The lowest BCUT2D eigenvalue weighted by atomic mass is 9.98. The Kier molecular flexibility index (Phi) is 6.80. The summed E-state index contributed by atoms with van der Waals surface area (Å²) in [5.41, 5.74) is -1.00. The van der Waals surface area contributed by atoms with Crippen LogP contribution in [0.15, 0.2) is 30.3 Å². The average Bonchev–Trinajstić information content (AvgIpc) is 2.73. The molecule has 0 N–H and O–H groups in total. The Bertz CT molecular complexity index is 1070. The van der Waals surface area contributed by atoms with Gasteiger partial charge in [0.15, 0.2) is 34.8 Å². The van der Waals surface area contributed by atoms with Crippen LogP contribution in [0.4, 0.5) is 22.0 Å². The molecule has 0 spiro atoms. The van der Waals surface area contributed by atoms with Crippen molar-refractivity contribution in [3.63, 3.8) is 0 Å². The summed E-state index contributed by atoms with van der Waals surface area (Å²) in [5, 5.41) is -0.607. The van der Waals surface area contributed by atoms with E-state index in [9.17, 15) is 22.0 Å². The smallest absolute Gasteiger partial charge is 0.201 e. The Labute approximate surface area is 171 Å². The van der Waals surface area contributed by atoms with Crippen molar-refractivity contribution in [2.75, 3.05) is 13.2 Å². The van der Waals surface area contributed by atoms with Crippen LogP contribution < -0.4 is 9.47 Å². The maximum atomic E-state index is 14.7. The molecule has 0 bridgehead atoms. The van der Waals surface area contributed by atoms with Crippen LogP contribution in [0.3, 0.4) is 0 Å². The van der Waals surface area contributed by atoms with E-state index in [1.165, 1.54) is 12.1 Å². The standard InChI is InChI=1S/C23H21F5O2/c1-3-5-11-30-16-8-6-13-12-15(20(25)23(28)18(13)21(16)26)14-7-9-17(29-10-4-2)22(27)19(14)24/h6-9,12H,3-5,10-11H2,1-2H3. The van der Waals surface area contributed by atoms with Gasteiger partial charge in [-0.05, 0) is 42.5 Å². The molecular weight excluding hydrogens is 403 g/mol. The molecule has 0 amide bonds. The summed E-state index contributed by atoms with van der Waals surface area (Å²) in [5.74, 6) is -7.20. The van der Waals surface area contributed by atoms with Crippen LogP contribution in [-0.4, -0.2) is 13.2 Å². The minimum Gasteiger partial charge on any atom is -0.490 e. The van der Waals surface area contributed by atoms with Crippen molar-refractivity contribution in [1.29, 1.82) is 0 Å². The molecule has 0 fully saturated rings. The van der Waals surface area contributed by atoms with Crippen molar-refractivity contribution >= 4 is 10.8 Å². The second kappa shape index (κ2) is 9.32. The van der Waals surface area contributed by atoms with Gasteiger partial charge < -0.3 is 9.47 Å². The van der Waals surface area contributed by atoms with Gasteiger partial charge in [0, 0.05) is 11.1 Å². The van der Waals surface area contributed by atoms with Gasteiger partial charge in [0.2, 0.25) is 5.82 Å². The molecule has 0 saturated carbocycles. The summed E-state index contributed by atoms with van der Waals surface area (Å²) >= 11 is 0. The molecule has 0 atom stereocenters. The molecule has 0 unspecified atom stereocenters. The largest absolute Gasteiger partial charge is 0.490 e. The summed E-state index contributed by atoms with van der Waals surface area (Å²) < 4.78 is 83.4. The molecular formula is C23H21F5O2. The first-order valence-electron chi connectivity index (χ1n) is 9.74. The van der Waals surface area contributed by atoms with Crippen LogP contribution in [-0.2, 0) is 0 Å². The minimum absolute atomic E-state index is 0.00430. The highest BCUT2D eigenvalue weighted by Gasteiger charge is 2.24. The number of rotatable bonds is 8. The van der Waals surface area contributed by atoms with Gasteiger partial charge in [-0.3, -0.25) is 0 Å².